The Morgan fingerprint density at radius 3 is 2.61 bits per heavy atom. The number of Topliss-reactive ketones (excluding diaryl/α,β-unsaturated/α-hetero) is 1. The van der Waals surface area contributed by atoms with E-state index in [1.807, 2.05) is 50.2 Å². The molecule has 7 rings (SSSR count). The highest BCUT2D eigenvalue weighted by Crippen LogP contribution is 2.46. The number of ether oxygens (including phenoxy) is 3. The van der Waals surface area contributed by atoms with E-state index >= 15 is 0 Å². The van der Waals surface area contributed by atoms with Crippen molar-refractivity contribution in [1.29, 1.82) is 0 Å². The van der Waals surface area contributed by atoms with Gasteiger partial charge in [0.2, 0.25) is 5.13 Å². The zero-order valence-electron chi connectivity index (χ0n) is 27.5. The Hall–Kier alpha value is -4.55. The summed E-state index contributed by atoms with van der Waals surface area (Å²) in [5.74, 6) is 0.135. The molecule has 3 heterocycles. The van der Waals surface area contributed by atoms with Crippen LogP contribution in [0.15, 0.2) is 94.8 Å². The summed E-state index contributed by atoms with van der Waals surface area (Å²) in [4.78, 5) is 29.1. The second-order valence-corrected chi connectivity index (χ2v) is 14.9. The van der Waals surface area contributed by atoms with Crippen molar-refractivity contribution in [2.75, 3.05) is 11.5 Å². The number of halogens is 2. The van der Waals surface area contributed by atoms with Crippen LogP contribution in [0.2, 0.25) is 10.0 Å². The molecular weight excluding hydrogens is 729 g/mol. The number of amides is 1. The zero-order valence-corrected chi connectivity index (χ0v) is 30.6. The smallest absolute Gasteiger partial charge is 0.301 e. The normalized spacial score (nSPS) is 17.8. The third kappa shape index (κ3) is 7.30. The molecule has 0 saturated carbocycles. The third-order valence-corrected chi connectivity index (χ3v) is 11.1. The van der Waals surface area contributed by atoms with Crippen LogP contribution < -0.4 is 19.1 Å². The number of nitrogens with zero attached hydrogens (tertiary/aromatic N) is 3. The molecule has 13 heteroatoms. The Kier molecular flexibility index (Phi) is 10.2. The summed E-state index contributed by atoms with van der Waals surface area (Å²) in [5, 5.41) is 21.7. The lowest BCUT2D eigenvalue weighted by Gasteiger charge is -2.24. The fourth-order valence-corrected chi connectivity index (χ4v) is 8.45. The monoisotopic (exact) mass is 759 g/mol. The average molecular weight is 761 g/mol. The van der Waals surface area contributed by atoms with E-state index in [4.69, 9.17) is 37.4 Å². The van der Waals surface area contributed by atoms with Crippen LogP contribution in [0.4, 0.5) is 5.13 Å². The molecule has 1 amide bonds. The fraction of sp³-hybridized carbons (Fsp3) is 0.211. The second-order valence-electron chi connectivity index (χ2n) is 11.9. The third-order valence-electron chi connectivity index (χ3n) is 8.40. The highest BCUT2D eigenvalue weighted by atomic mass is 35.5. The average Bonchev–Trinajstić information content (AvgIpc) is 3.82. The molecule has 0 aliphatic carbocycles. The molecule has 4 aromatic carbocycles. The van der Waals surface area contributed by atoms with Crippen molar-refractivity contribution >= 4 is 68.9 Å². The summed E-state index contributed by atoms with van der Waals surface area (Å²) in [6.07, 6.45) is 0.644. The molecule has 0 radical (unpaired) electrons. The van der Waals surface area contributed by atoms with E-state index in [1.54, 1.807) is 48.5 Å². The highest BCUT2D eigenvalue weighted by molar-refractivity contribution is 8.00. The van der Waals surface area contributed by atoms with E-state index in [0.717, 1.165) is 33.8 Å². The molecule has 1 saturated heterocycles. The number of ketones is 1. The Balaban J connectivity index is 1.27. The number of fused-ring (bicyclic) bond motifs is 1. The molecule has 2 aliphatic rings. The predicted octanol–water partition coefficient (Wildman–Crippen LogP) is 9.06. The Morgan fingerprint density at radius 1 is 1.00 bits per heavy atom. The quantitative estimate of drug-likeness (QED) is 0.0464. The van der Waals surface area contributed by atoms with Crippen LogP contribution in [0, 0.1) is 0 Å². The van der Waals surface area contributed by atoms with Gasteiger partial charge in [-0.15, -0.1) is 10.2 Å². The fourth-order valence-electron chi connectivity index (χ4n) is 6.02. The first-order valence-electron chi connectivity index (χ1n) is 16.1. The van der Waals surface area contributed by atoms with Gasteiger partial charge in [-0.25, -0.2) is 0 Å². The van der Waals surface area contributed by atoms with E-state index < -0.39 is 17.7 Å². The number of carbonyl (C=O) groups is 2. The first-order chi connectivity index (χ1) is 24.7. The lowest BCUT2D eigenvalue weighted by atomic mass is 9.94. The van der Waals surface area contributed by atoms with Crippen LogP contribution in [0.1, 0.15) is 47.7 Å². The first-order valence-corrected chi connectivity index (χ1v) is 18.7. The van der Waals surface area contributed by atoms with Crippen molar-refractivity contribution in [2.24, 2.45) is 0 Å². The van der Waals surface area contributed by atoms with Gasteiger partial charge in [0, 0.05) is 27.8 Å². The minimum Gasteiger partial charge on any atom is -0.507 e. The van der Waals surface area contributed by atoms with Crippen LogP contribution in [0.25, 0.3) is 5.76 Å². The molecule has 1 fully saturated rings. The SMILES string of the molecule is CCOc1cc([C@@H]2/C(=C(\O)c3ccc4c(c3)C[C@H](C)O4)C(=O)C(=O)N2c2nnc(SCc3ccc(Cl)cc3Cl)s2)ccc1OCc1ccccc1. The van der Waals surface area contributed by atoms with Crippen molar-refractivity contribution in [3.05, 3.63) is 128 Å². The Morgan fingerprint density at radius 2 is 1.82 bits per heavy atom. The van der Waals surface area contributed by atoms with E-state index in [1.165, 1.54) is 16.7 Å². The Bertz CT molecular complexity index is 2160. The van der Waals surface area contributed by atoms with E-state index in [2.05, 4.69) is 10.2 Å². The van der Waals surface area contributed by atoms with Gasteiger partial charge in [0.1, 0.15) is 24.2 Å². The number of hydrogen-bond acceptors (Lipinski definition) is 10. The number of carbonyl (C=O) groups excluding carboxylic acids is 2. The molecule has 2 atom stereocenters. The number of rotatable bonds is 11. The zero-order chi connectivity index (χ0) is 35.6. The summed E-state index contributed by atoms with van der Waals surface area (Å²) >= 11 is 15.0. The second kappa shape index (κ2) is 15.0. The number of aromatic nitrogens is 2. The van der Waals surface area contributed by atoms with Gasteiger partial charge in [0.25, 0.3) is 5.78 Å². The van der Waals surface area contributed by atoms with Gasteiger partial charge < -0.3 is 19.3 Å². The molecule has 1 N–H and O–H groups in total. The lowest BCUT2D eigenvalue weighted by molar-refractivity contribution is -0.132. The number of thioether (sulfide) groups is 1. The summed E-state index contributed by atoms with van der Waals surface area (Å²) in [7, 11) is 0. The minimum atomic E-state index is -1.05. The summed E-state index contributed by atoms with van der Waals surface area (Å²) < 4.78 is 18.5. The maximum atomic E-state index is 13.9. The van der Waals surface area contributed by atoms with Crippen molar-refractivity contribution < 1.29 is 28.9 Å². The molecule has 0 bridgehead atoms. The number of hydrogen-bond donors (Lipinski definition) is 1. The summed E-state index contributed by atoms with van der Waals surface area (Å²) in [5.41, 5.74) is 3.58. The predicted molar refractivity (Wildman–Crippen MR) is 199 cm³/mol. The molecule has 51 heavy (non-hydrogen) atoms. The van der Waals surface area contributed by atoms with Crippen LogP contribution in [0.3, 0.4) is 0 Å². The van der Waals surface area contributed by atoms with Gasteiger partial charge in [0.05, 0.1) is 18.2 Å². The minimum absolute atomic E-state index is 0.0113. The van der Waals surface area contributed by atoms with Gasteiger partial charge >= 0.3 is 5.91 Å². The largest absolute Gasteiger partial charge is 0.507 e. The topological polar surface area (TPSA) is 111 Å². The number of benzene rings is 4. The molecule has 5 aromatic rings. The van der Waals surface area contributed by atoms with Gasteiger partial charge in [0.15, 0.2) is 15.8 Å². The maximum Gasteiger partial charge on any atom is 0.301 e. The standard InChI is InChI=1S/C38H31Cl2N3O6S2/c1-3-47-31-17-23(10-14-30(31)48-19-22-7-5-4-6-8-22)33-32(34(44)24-11-13-29-26(16-24)15-21(2)49-29)35(45)36(46)43(33)37-41-42-38(51-37)50-20-25-9-12-27(39)18-28(25)40/h4-14,16-18,21,33,44H,3,15,19-20H2,1-2H3/b34-32+/t21-,33+/m0/s1. The van der Waals surface area contributed by atoms with Crippen LogP contribution in [-0.4, -0.2) is 39.7 Å². The molecular formula is C38H31Cl2N3O6S2. The first kappa shape index (κ1) is 34.9. The summed E-state index contributed by atoms with van der Waals surface area (Å²) in [6, 6.07) is 24.5. The van der Waals surface area contributed by atoms with Gasteiger partial charge in [-0.05, 0) is 78.6 Å². The van der Waals surface area contributed by atoms with Crippen molar-refractivity contribution in [3.8, 4) is 17.2 Å². The van der Waals surface area contributed by atoms with E-state index in [-0.39, 0.29) is 22.6 Å². The van der Waals surface area contributed by atoms with Gasteiger partial charge in [-0.3, -0.25) is 14.5 Å². The molecule has 260 valence electrons. The molecule has 1 aromatic heterocycles. The summed E-state index contributed by atoms with van der Waals surface area (Å²) in [6.45, 7) is 4.48. The number of aliphatic hydroxyl groups is 1. The van der Waals surface area contributed by atoms with Crippen LogP contribution in [-0.2, 0) is 28.4 Å². The molecule has 9 nitrogen and oxygen atoms in total. The molecule has 2 aliphatic heterocycles. The lowest BCUT2D eigenvalue weighted by Crippen LogP contribution is -2.29. The molecule has 0 unspecified atom stereocenters. The van der Waals surface area contributed by atoms with Crippen molar-refractivity contribution in [2.45, 2.75) is 49.1 Å². The van der Waals surface area contributed by atoms with E-state index in [9.17, 15) is 14.7 Å². The molecule has 0 spiro atoms. The van der Waals surface area contributed by atoms with E-state index in [0.29, 0.717) is 62.4 Å². The highest BCUT2D eigenvalue weighted by Gasteiger charge is 2.48. The van der Waals surface area contributed by atoms with Crippen LogP contribution >= 0.6 is 46.3 Å². The maximum absolute atomic E-state index is 13.9. The number of anilines is 1. The van der Waals surface area contributed by atoms with Crippen molar-refractivity contribution in [1.82, 2.24) is 10.2 Å². The van der Waals surface area contributed by atoms with Crippen LogP contribution in [0.5, 0.6) is 17.2 Å². The van der Waals surface area contributed by atoms with Crippen molar-refractivity contribution in [3.63, 3.8) is 0 Å². The van der Waals surface area contributed by atoms with Gasteiger partial charge in [-0.2, -0.15) is 0 Å². The van der Waals surface area contributed by atoms with Gasteiger partial charge in [-0.1, -0.05) is 88.8 Å². The Labute approximate surface area is 312 Å². The number of aliphatic hydroxyl groups excluding tert-OH is 1.